The Balaban J connectivity index is 3.08. The Morgan fingerprint density at radius 2 is 2.10 bits per heavy atom. The molecule has 10 heavy (non-hydrogen) atoms. The predicted molar refractivity (Wildman–Crippen MR) is 32.5 cm³/mol. The molecular formula is C4H5N5O. The summed E-state index contributed by atoms with van der Waals surface area (Å²) in [5.74, 6) is 4.92. The molecule has 6 nitrogen and oxygen atoms in total. The van der Waals surface area contributed by atoms with Crippen LogP contribution in [0.4, 0.5) is 0 Å². The predicted octanol–water partition coefficient (Wildman–Crippen LogP) is -0.838. The molecule has 1 aromatic rings. The molecule has 2 N–H and O–H groups in total. The van der Waals surface area contributed by atoms with Crippen molar-refractivity contribution in [3.05, 3.63) is 12.3 Å². The van der Waals surface area contributed by atoms with Crippen LogP contribution in [-0.4, -0.2) is 20.6 Å². The molecule has 6 heteroatoms. The van der Waals surface area contributed by atoms with Crippen LogP contribution in [0.2, 0.25) is 0 Å². The van der Waals surface area contributed by atoms with Gasteiger partial charge in [-0.15, -0.1) is 5.10 Å². The van der Waals surface area contributed by atoms with Gasteiger partial charge in [0.25, 0.3) is 5.88 Å². The summed E-state index contributed by atoms with van der Waals surface area (Å²) in [4.78, 5) is 4.29. The number of nitrogens with two attached hydrogens (primary N) is 1. The first-order valence-electron chi connectivity index (χ1n) is 2.43. The molecule has 0 atom stereocenters. The Morgan fingerprint density at radius 1 is 1.40 bits per heavy atom. The van der Waals surface area contributed by atoms with E-state index in [1.54, 1.807) is 0 Å². The van der Waals surface area contributed by atoms with Gasteiger partial charge in [0, 0.05) is 0 Å². The maximum atomic E-state index is 4.81. The first-order valence-corrected chi connectivity index (χ1v) is 2.43. The summed E-state index contributed by atoms with van der Waals surface area (Å²) >= 11 is 0. The van der Waals surface area contributed by atoms with E-state index in [4.69, 9.17) is 5.90 Å². The molecular weight excluding hydrogens is 134 g/mol. The third-order valence-electron chi connectivity index (χ3n) is 0.852. The zero-order valence-corrected chi connectivity index (χ0v) is 5.06. The van der Waals surface area contributed by atoms with Crippen LogP contribution >= 0.6 is 0 Å². The van der Waals surface area contributed by atoms with Gasteiger partial charge in [0.2, 0.25) is 0 Å². The second-order valence-corrected chi connectivity index (χ2v) is 1.39. The highest BCUT2D eigenvalue weighted by Crippen LogP contribution is 2.07. The number of hydrogen-bond acceptors (Lipinski definition) is 6. The molecule has 0 aliphatic rings. The first-order chi connectivity index (χ1) is 4.88. The van der Waals surface area contributed by atoms with Crippen LogP contribution in [0.5, 0.6) is 5.88 Å². The van der Waals surface area contributed by atoms with Crippen LogP contribution in [0, 0.1) is 0 Å². The molecule has 0 bridgehead atoms. The van der Waals surface area contributed by atoms with E-state index >= 15 is 0 Å². The fraction of sp³-hybridized carbons (Fsp3) is 0. The van der Waals surface area contributed by atoms with Gasteiger partial charge in [-0.05, 0) is 16.5 Å². The largest absolute Gasteiger partial charge is 0.387 e. The highest BCUT2D eigenvalue weighted by molar-refractivity contribution is 5.45. The Bertz CT molecular complexity index is 237. The average molecular weight is 139 g/mol. The molecule has 0 unspecified atom stereocenters. The lowest BCUT2D eigenvalue weighted by atomic mass is 10.4. The second kappa shape index (κ2) is 2.83. The van der Waals surface area contributed by atoms with E-state index in [0.717, 1.165) is 0 Å². The highest BCUT2D eigenvalue weighted by Gasteiger charge is 2.01. The lowest BCUT2D eigenvalue weighted by molar-refractivity contribution is 0.309. The SMILES string of the molecule is C=Cc1nnnnc1ON. The summed E-state index contributed by atoms with van der Waals surface area (Å²) in [6.45, 7) is 3.43. The fourth-order valence-corrected chi connectivity index (χ4v) is 0.435. The summed E-state index contributed by atoms with van der Waals surface area (Å²) in [5, 5.41) is 13.4. The van der Waals surface area contributed by atoms with Crippen molar-refractivity contribution in [3.8, 4) is 5.88 Å². The van der Waals surface area contributed by atoms with Crippen molar-refractivity contribution in [1.82, 2.24) is 20.6 Å². The maximum Gasteiger partial charge on any atom is 0.285 e. The number of nitrogens with zero attached hydrogens (tertiary/aromatic N) is 4. The Morgan fingerprint density at radius 3 is 2.60 bits per heavy atom. The van der Waals surface area contributed by atoms with Crippen molar-refractivity contribution < 1.29 is 4.84 Å². The minimum atomic E-state index is 0.116. The Hall–Kier alpha value is -1.56. The molecule has 1 rings (SSSR count). The van der Waals surface area contributed by atoms with Gasteiger partial charge in [-0.3, -0.25) is 0 Å². The van der Waals surface area contributed by atoms with Gasteiger partial charge in [0.15, 0.2) is 5.69 Å². The van der Waals surface area contributed by atoms with Gasteiger partial charge in [-0.1, -0.05) is 11.7 Å². The van der Waals surface area contributed by atoms with Crippen LogP contribution in [0.15, 0.2) is 6.58 Å². The molecule has 1 aromatic heterocycles. The minimum Gasteiger partial charge on any atom is -0.387 e. The van der Waals surface area contributed by atoms with Gasteiger partial charge >= 0.3 is 0 Å². The van der Waals surface area contributed by atoms with Crippen LogP contribution < -0.4 is 10.7 Å². The molecule has 52 valence electrons. The monoisotopic (exact) mass is 139 g/mol. The zero-order valence-electron chi connectivity index (χ0n) is 5.06. The summed E-state index contributed by atoms with van der Waals surface area (Å²) in [6.07, 6.45) is 1.42. The molecule has 0 aliphatic heterocycles. The van der Waals surface area contributed by atoms with E-state index in [0.29, 0.717) is 5.69 Å². The smallest absolute Gasteiger partial charge is 0.285 e. The summed E-state index contributed by atoms with van der Waals surface area (Å²) in [5.41, 5.74) is 0.373. The molecule has 1 heterocycles. The summed E-state index contributed by atoms with van der Waals surface area (Å²) < 4.78 is 0. The molecule has 0 saturated heterocycles. The van der Waals surface area contributed by atoms with Crippen LogP contribution in [0.25, 0.3) is 6.08 Å². The van der Waals surface area contributed by atoms with Crippen molar-refractivity contribution in [2.45, 2.75) is 0 Å². The standard InChI is InChI=1S/C4H5N5O/c1-2-3-4(10-5)7-9-8-6-3/h2H,1,5H2. The first kappa shape index (κ1) is 6.56. The highest BCUT2D eigenvalue weighted by atomic mass is 16.6. The lowest BCUT2D eigenvalue weighted by Gasteiger charge is -1.95. The third kappa shape index (κ3) is 1.06. The molecule has 0 radical (unpaired) electrons. The molecule has 0 saturated carbocycles. The molecule has 0 aliphatic carbocycles. The lowest BCUT2D eigenvalue weighted by Crippen LogP contribution is -2.08. The van der Waals surface area contributed by atoms with Gasteiger partial charge in [-0.2, -0.15) is 5.90 Å². The summed E-state index contributed by atoms with van der Waals surface area (Å²) in [7, 11) is 0. The number of rotatable bonds is 2. The van der Waals surface area contributed by atoms with E-state index in [2.05, 4.69) is 32.0 Å². The van der Waals surface area contributed by atoms with Crippen LogP contribution in [0.1, 0.15) is 5.69 Å². The van der Waals surface area contributed by atoms with Crippen molar-refractivity contribution in [2.75, 3.05) is 0 Å². The van der Waals surface area contributed by atoms with Crippen LogP contribution in [-0.2, 0) is 0 Å². The van der Waals surface area contributed by atoms with Gasteiger partial charge in [0.1, 0.15) is 0 Å². The normalized spacial score (nSPS) is 8.90. The quantitative estimate of drug-likeness (QED) is 0.537. The van der Waals surface area contributed by atoms with Crippen molar-refractivity contribution in [1.29, 1.82) is 0 Å². The summed E-state index contributed by atoms with van der Waals surface area (Å²) in [6, 6.07) is 0. The Kier molecular flexibility index (Phi) is 1.86. The van der Waals surface area contributed by atoms with Gasteiger partial charge in [-0.25, -0.2) is 0 Å². The van der Waals surface area contributed by atoms with Crippen molar-refractivity contribution in [2.24, 2.45) is 5.90 Å². The topological polar surface area (TPSA) is 86.8 Å². The third-order valence-corrected chi connectivity index (χ3v) is 0.852. The number of aromatic nitrogens is 4. The molecule has 0 amide bonds. The molecule has 0 spiro atoms. The molecule has 0 aromatic carbocycles. The minimum absolute atomic E-state index is 0.116. The number of hydrogen-bond donors (Lipinski definition) is 1. The second-order valence-electron chi connectivity index (χ2n) is 1.39. The van der Waals surface area contributed by atoms with E-state index in [1.165, 1.54) is 6.08 Å². The fourth-order valence-electron chi connectivity index (χ4n) is 0.435. The average Bonchev–Trinajstić information content (AvgIpc) is 2.04. The van der Waals surface area contributed by atoms with Crippen molar-refractivity contribution >= 4 is 6.08 Å². The van der Waals surface area contributed by atoms with Gasteiger partial charge in [0.05, 0.1) is 0 Å². The van der Waals surface area contributed by atoms with Gasteiger partial charge < -0.3 is 4.84 Å². The van der Waals surface area contributed by atoms with E-state index in [9.17, 15) is 0 Å². The maximum absolute atomic E-state index is 4.81. The van der Waals surface area contributed by atoms with E-state index in [-0.39, 0.29) is 5.88 Å². The Labute approximate surface area is 56.7 Å². The molecule has 0 fully saturated rings. The van der Waals surface area contributed by atoms with E-state index in [1.807, 2.05) is 0 Å². The van der Waals surface area contributed by atoms with E-state index < -0.39 is 0 Å². The zero-order chi connectivity index (χ0) is 7.40. The van der Waals surface area contributed by atoms with Crippen molar-refractivity contribution in [3.63, 3.8) is 0 Å². The van der Waals surface area contributed by atoms with Crippen LogP contribution in [0.3, 0.4) is 0 Å².